The number of hydrogen-bond acceptors (Lipinski definition) is 6. The first-order valence-corrected chi connectivity index (χ1v) is 13.5. The van der Waals surface area contributed by atoms with Crippen LogP contribution in [0, 0.1) is 11.8 Å². The Balaban J connectivity index is 1.22. The first-order chi connectivity index (χ1) is 17.1. The molecule has 1 aliphatic carbocycles. The molecule has 3 heterocycles. The zero-order valence-electron chi connectivity index (χ0n) is 18.5. The lowest BCUT2D eigenvalue weighted by Gasteiger charge is -2.05. The molecule has 9 heteroatoms. The molecule has 5 aromatic rings. The minimum absolute atomic E-state index is 0.214. The Kier molecular flexibility index (Phi) is 5.32. The quantitative estimate of drug-likeness (QED) is 0.361. The number of aromatic nitrogens is 5. The van der Waals surface area contributed by atoms with Crippen LogP contribution in [-0.2, 0) is 22.8 Å². The Bertz CT molecular complexity index is 1690. The van der Waals surface area contributed by atoms with Gasteiger partial charge in [0.05, 0.1) is 27.7 Å². The van der Waals surface area contributed by atoms with Crippen molar-refractivity contribution in [2.75, 3.05) is 5.75 Å². The maximum absolute atomic E-state index is 12.4. The summed E-state index contributed by atoms with van der Waals surface area (Å²) >= 11 is 1.49. The van der Waals surface area contributed by atoms with E-state index in [9.17, 15) is 8.42 Å². The Morgan fingerprint density at radius 1 is 1.11 bits per heavy atom. The molecule has 0 atom stereocenters. The molecule has 35 heavy (non-hydrogen) atoms. The molecule has 0 amide bonds. The summed E-state index contributed by atoms with van der Waals surface area (Å²) in [5.41, 5.74) is 7.69. The Labute approximate surface area is 206 Å². The SMILES string of the molecule is O=S(=O)(CC#Cc1cc(-c2n[nH]c3c2Cc2ccc(Cn4cncn4)cc2-3)cs1)c1ccccc1. The predicted molar refractivity (Wildman–Crippen MR) is 135 cm³/mol. The second-order valence-electron chi connectivity index (χ2n) is 8.26. The van der Waals surface area contributed by atoms with E-state index in [1.165, 1.54) is 28.8 Å². The number of hydrogen-bond donors (Lipinski definition) is 1. The highest BCUT2D eigenvalue weighted by molar-refractivity contribution is 7.91. The van der Waals surface area contributed by atoms with Crippen molar-refractivity contribution >= 4 is 21.2 Å². The standard InChI is InChI=1S/C26H19N5O2S2/c32-35(33,22-6-2-1-3-7-22)10-4-5-21-12-20(15-34-21)25-24-13-19-9-8-18(14-31-17-27-16-28-31)11-23(19)26(24)30-29-25/h1-3,6-9,11-12,15-17H,10,13-14H2,(H,29,30). The molecule has 0 unspecified atom stereocenters. The number of H-pyrrole nitrogens is 1. The summed E-state index contributed by atoms with van der Waals surface area (Å²) in [5.74, 6) is 5.61. The molecule has 0 saturated carbocycles. The average Bonchev–Trinajstić information content (AvgIpc) is 3.65. The molecule has 3 aromatic heterocycles. The van der Waals surface area contributed by atoms with Crippen LogP contribution in [0.2, 0.25) is 0 Å². The summed E-state index contributed by atoms with van der Waals surface area (Å²) in [6.45, 7) is 0.663. The average molecular weight is 498 g/mol. The minimum Gasteiger partial charge on any atom is -0.277 e. The molecule has 6 rings (SSSR count). The number of rotatable bonds is 5. The van der Waals surface area contributed by atoms with Gasteiger partial charge in [-0.15, -0.1) is 11.3 Å². The van der Waals surface area contributed by atoms with Gasteiger partial charge in [-0.2, -0.15) is 10.2 Å². The van der Waals surface area contributed by atoms with Gasteiger partial charge in [0.15, 0.2) is 9.84 Å². The monoisotopic (exact) mass is 497 g/mol. The van der Waals surface area contributed by atoms with Crippen molar-refractivity contribution in [2.24, 2.45) is 0 Å². The lowest BCUT2D eigenvalue weighted by atomic mass is 10.1. The topological polar surface area (TPSA) is 93.5 Å². The largest absolute Gasteiger partial charge is 0.277 e. The van der Waals surface area contributed by atoms with Gasteiger partial charge < -0.3 is 0 Å². The summed E-state index contributed by atoms with van der Waals surface area (Å²) in [7, 11) is -3.42. The van der Waals surface area contributed by atoms with Gasteiger partial charge in [-0.05, 0) is 35.4 Å². The van der Waals surface area contributed by atoms with Crippen molar-refractivity contribution in [1.29, 1.82) is 0 Å². The van der Waals surface area contributed by atoms with Gasteiger partial charge in [-0.3, -0.25) is 5.10 Å². The van der Waals surface area contributed by atoms with Crippen LogP contribution in [-0.4, -0.2) is 39.1 Å². The zero-order chi connectivity index (χ0) is 23.8. The summed E-state index contributed by atoms with van der Waals surface area (Å²) < 4.78 is 26.7. The molecule has 0 spiro atoms. The van der Waals surface area contributed by atoms with E-state index in [1.54, 1.807) is 41.3 Å². The molecular formula is C26H19N5O2S2. The summed E-state index contributed by atoms with van der Waals surface area (Å²) in [6.07, 6.45) is 4.06. The number of aromatic amines is 1. The molecule has 2 aromatic carbocycles. The third-order valence-electron chi connectivity index (χ3n) is 5.94. The Morgan fingerprint density at radius 2 is 2.00 bits per heavy atom. The van der Waals surface area contributed by atoms with Gasteiger partial charge in [0, 0.05) is 28.5 Å². The third-order valence-corrected chi connectivity index (χ3v) is 8.30. The van der Waals surface area contributed by atoms with E-state index in [1.807, 2.05) is 11.4 Å². The van der Waals surface area contributed by atoms with Crippen molar-refractivity contribution in [3.63, 3.8) is 0 Å². The van der Waals surface area contributed by atoms with E-state index in [4.69, 9.17) is 0 Å². The summed E-state index contributed by atoms with van der Waals surface area (Å²) in [4.78, 5) is 5.11. The van der Waals surface area contributed by atoms with E-state index in [0.29, 0.717) is 6.54 Å². The van der Waals surface area contributed by atoms with Gasteiger partial charge in [0.2, 0.25) is 0 Å². The molecule has 172 valence electrons. The normalized spacial score (nSPS) is 12.1. The van der Waals surface area contributed by atoms with Gasteiger partial charge in [-0.25, -0.2) is 18.1 Å². The molecule has 1 N–H and O–H groups in total. The van der Waals surface area contributed by atoms with Crippen molar-refractivity contribution in [3.8, 4) is 34.4 Å². The van der Waals surface area contributed by atoms with E-state index in [2.05, 4.69) is 50.3 Å². The van der Waals surface area contributed by atoms with E-state index < -0.39 is 9.84 Å². The number of thiophene rings is 1. The van der Waals surface area contributed by atoms with Gasteiger partial charge in [-0.1, -0.05) is 42.2 Å². The maximum Gasteiger partial charge on any atom is 0.189 e. The fraction of sp³-hybridized carbons (Fsp3) is 0.115. The van der Waals surface area contributed by atoms with Crippen molar-refractivity contribution in [3.05, 3.63) is 94.2 Å². The highest BCUT2D eigenvalue weighted by atomic mass is 32.2. The lowest BCUT2D eigenvalue weighted by molar-refractivity contribution is 0.599. The maximum atomic E-state index is 12.4. The van der Waals surface area contributed by atoms with E-state index in [0.717, 1.165) is 39.4 Å². The number of nitrogens with one attached hydrogen (secondary N) is 1. The Hall–Kier alpha value is -4.00. The van der Waals surface area contributed by atoms with Gasteiger partial charge in [0.1, 0.15) is 18.4 Å². The highest BCUT2D eigenvalue weighted by Gasteiger charge is 2.25. The van der Waals surface area contributed by atoms with Crippen molar-refractivity contribution in [1.82, 2.24) is 25.0 Å². The lowest BCUT2D eigenvalue weighted by Crippen LogP contribution is -2.04. The second kappa shape index (κ2) is 8.65. The molecular weight excluding hydrogens is 478 g/mol. The number of nitrogens with zero attached hydrogens (tertiary/aromatic N) is 4. The number of fused-ring (bicyclic) bond motifs is 3. The number of benzene rings is 2. The van der Waals surface area contributed by atoms with Crippen LogP contribution in [0.3, 0.4) is 0 Å². The molecule has 0 aliphatic heterocycles. The first kappa shape index (κ1) is 21.5. The van der Waals surface area contributed by atoms with Crippen LogP contribution in [0.1, 0.15) is 21.6 Å². The molecule has 0 fully saturated rings. The van der Waals surface area contributed by atoms with Crippen molar-refractivity contribution in [2.45, 2.75) is 17.9 Å². The minimum atomic E-state index is -3.42. The Morgan fingerprint density at radius 3 is 2.83 bits per heavy atom. The fourth-order valence-electron chi connectivity index (χ4n) is 4.25. The first-order valence-electron chi connectivity index (χ1n) is 10.9. The zero-order valence-corrected chi connectivity index (χ0v) is 20.1. The summed E-state index contributed by atoms with van der Waals surface area (Å²) in [6, 6.07) is 16.8. The molecule has 0 saturated heterocycles. The van der Waals surface area contributed by atoms with Crippen LogP contribution < -0.4 is 0 Å². The highest BCUT2D eigenvalue weighted by Crippen LogP contribution is 2.41. The fourth-order valence-corrected chi connectivity index (χ4v) is 6.02. The molecule has 1 aliphatic rings. The van der Waals surface area contributed by atoms with Gasteiger partial charge in [0.25, 0.3) is 0 Å². The second-order valence-corrected chi connectivity index (χ2v) is 11.2. The van der Waals surface area contributed by atoms with E-state index in [-0.39, 0.29) is 10.6 Å². The van der Waals surface area contributed by atoms with Crippen LogP contribution in [0.15, 0.2) is 77.5 Å². The summed E-state index contributed by atoms with van der Waals surface area (Å²) in [5, 5.41) is 14.0. The van der Waals surface area contributed by atoms with Crippen LogP contribution in [0.25, 0.3) is 22.5 Å². The van der Waals surface area contributed by atoms with Crippen LogP contribution in [0.4, 0.5) is 0 Å². The predicted octanol–water partition coefficient (Wildman–Crippen LogP) is 4.17. The molecule has 0 bridgehead atoms. The number of sulfone groups is 1. The van der Waals surface area contributed by atoms with E-state index >= 15 is 0 Å². The van der Waals surface area contributed by atoms with Crippen LogP contribution >= 0.6 is 11.3 Å². The van der Waals surface area contributed by atoms with Crippen LogP contribution in [0.5, 0.6) is 0 Å². The van der Waals surface area contributed by atoms with Crippen molar-refractivity contribution < 1.29 is 8.42 Å². The molecule has 7 nitrogen and oxygen atoms in total. The molecule has 0 radical (unpaired) electrons. The third kappa shape index (κ3) is 4.18. The smallest absolute Gasteiger partial charge is 0.189 e. The van der Waals surface area contributed by atoms with Gasteiger partial charge >= 0.3 is 0 Å².